The summed E-state index contributed by atoms with van der Waals surface area (Å²) in [7, 11) is 0. The summed E-state index contributed by atoms with van der Waals surface area (Å²) in [6.45, 7) is 5.30. The number of nitrogens with zero attached hydrogens (tertiary/aromatic N) is 4. The number of nitrogens with one attached hydrogen (secondary N) is 1. The van der Waals surface area contributed by atoms with Crippen LogP contribution in [0.15, 0.2) is 34.4 Å². The van der Waals surface area contributed by atoms with Crippen molar-refractivity contribution in [1.29, 1.82) is 5.26 Å². The van der Waals surface area contributed by atoms with E-state index < -0.39 is 0 Å². The molecular weight excluding hydrogens is 424 g/mol. The van der Waals surface area contributed by atoms with Crippen molar-refractivity contribution in [2.24, 2.45) is 5.73 Å². The van der Waals surface area contributed by atoms with Crippen molar-refractivity contribution in [3.63, 3.8) is 0 Å². The Labute approximate surface area is 190 Å². The zero-order valence-corrected chi connectivity index (χ0v) is 19.0. The van der Waals surface area contributed by atoms with Gasteiger partial charge in [0.2, 0.25) is 5.95 Å². The summed E-state index contributed by atoms with van der Waals surface area (Å²) in [5, 5.41) is 14.1. The van der Waals surface area contributed by atoms with Crippen LogP contribution in [0, 0.1) is 11.3 Å². The van der Waals surface area contributed by atoms with Gasteiger partial charge in [-0.15, -0.1) is 11.3 Å². The second-order valence-corrected chi connectivity index (χ2v) is 9.26. The van der Waals surface area contributed by atoms with Crippen molar-refractivity contribution in [2.75, 3.05) is 18.0 Å². The van der Waals surface area contributed by atoms with E-state index >= 15 is 0 Å². The number of carbonyl (C=O) groups is 1. The smallest absolute Gasteiger partial charge is 0.273 e. The Hall–Kier alpha value is -3.22. The van der Waals surface area contributed by atoms with Crippen LogP contribution in [0.5, 0.6) is 0 Å². The lowest BCUT2D eigenvalue weighted by Gasteiger charge is -2.33. The molecule has 1 fully saturated rings. The maximum absolute atomic E-state index is 13.6. The number of amides is 1. The van der Waals surface area contributed by atoms with Gasteiger partial charge in [0.05, 0.1) is 23.7 Å². The summed E-state index contributed by atoms with van der Waals surface area (Å²) in [6.07, 6.45) is 1.81. The molecule has 0 bridgehead atoms. The average Bonchev–Trinajstić information content (AvgIpc) is 3.20. The molecule has 1 amide bonds. The van der Waals surface area contributed by atoms with Gasteiger partial charge in [-0.05, 0) is 38.3 Å². The fourth-order valence-electron chi connectivity index (χ4n) is 4.00. The Morgan fingerprint density at radius 2 is 2.19 bits per heavy atom. The number of hydrogen-bond acceptors (Lipinski definition) is 7. The van der Waals surface area contributed by atoms with Gasteiger partial charge in [0.1, 0.15) is 10.2 Å². The number of rotatable bonds is 5. The van der Waals surface area contributed by atoms with Crippen molar-refractivity contribution in [3.8, 4) is 6.07 Å². The van der Waals surface area contributed by atoms with Gasteiger partial charge in [0.15, 0.2) is 0 Å². The number of hydrogen-bond donors (Lipinski definition) is 2. The molecule has 0 unspecified atom stereocenters. The highest BCUT2D eigenvalue weighted by molar-refractivity contribution is 7.17. The summed E-state index contributed by atoms with van der Waals surface area (Å²) in [4.78, 5) is 33.2. The first-order chi connectivity index (χ1) is 15.4. The van der Waals surface area contributed by atoms with E-state index in [0.717, 1.165) is 24.9 Å². The van der Waals surface area contributed by atoms with E-state index in [0.29, 0.717) is 33.8 Å². The SMILES string of the molecule is CC(C)NC(=O)c1csc2c(=O)n(Cc3ccccc3C#N)c(N3CCC[C@@H](N)C3)nc12. The van der Waals surface area contributed by atoms with Crippen LogP contribution < -0.4 is 21.5 Å². The molecule has 166 valence electrons. The number of carbonyl (C=O) groups excluding carboxylic acids is 1. The van der Waals surface area contributed by atoms with E-state index in [1.165, 1.54) is 11.3 Å². The summed E-state index contributed by atoms with van der Waals surface area (Å²) in [6, 6.07) is 9.39. The molecule has 4 rings (SSSR count). The average molecular weight is 451 g/mol. The molecule has 1 aliphatic rings. The second-order valence-electron chi connectivity index (χ2n) is 8.38. The van der Waals surface area contributed by atoms with E-state index in [4.69, 9.17) is 10.7 Å². The highest BCUT2D eigenvalue weighted by atomic mass is 32.1. The van der Waals surface area contributed by atoms with E-state index in [1.54, 1.807) is 22.1 Å². The van der Waals surface area contributed by atoms with Crippen LogP contribution in [0.1, 0.15) is 48.2 Å². The molecule has 1 aromatic carbocycles. The Morgan fingerprint density at radius 1 is 1.41 bits per heavy atom. The van der Waals surface area contributed by atoms with E-state index in [1.807, 2.05) is 30.9 Å². The zero-order chi connectivity index (χ0) is 22.8. The zero-order valence-electron chi connectivity index (χ0n) is 18.2. The van der Waals surface area contributed by atoms with Gasteiger partial charge < -0.3 is 16.0 Å². The third kappa shape index (κ3) is 4.24. The summed E-state index contributed by atoms with van der Waals surface area (Å²) in [5.74, 6) is 0.245. The van der Waals surface area contributed by atoms with Crippen molar-refractivity contribution in [3.05, 3.63) is 56.7 Å². The molecule has 2 aromatic heterocycles. The maximum atomic E-state index is 13.6. The number of aromatic nitrogens is 2. The lowest BCUT2D eigenvalue weighted by atomic mass is 10.1. The highest BCUT2D eigenvalue weighted by Crippen LogP contribution is 2.26. The van der Waals surface area contributed by atoms with E-state index in [-0.39, 0.29) is 30.1 Å². The number of piperidine rings is 1. The van der Waals surface area contributed by atoms with Gasteiger partial charge in [-0.1, -0.05) is 18.2 Å². The van der Waals surface area contributed by atoms with Crippen molar-refractivity contribution in [1.82, 2.24) is 14.9 Å². The summed E-state index contributed by atoms with van der Waals surface area (Å²) in [5.41, 5.74) is 8.08. The minimum Gasteiger partial charge on any atom is -0.350 e. The summed E-state index contributed by atoms with van der Waals surface area (Å²) < 4.78 is 2.04. The van der Waals surface area contributed by atoms with Crippen LogP contribution in [0.25, 0.3) is 10.2 Å². The molecular formula is C23H26N6O2S. The first-order valence-electron chi connectivity index (χ1n) is 10.7. The Balaban J connectivity index is 1.88. The number of thiophene rings is 1. The normalized spacial score (nSPS) is 16.3. The maximum Gasteiger partial charge on any atom is 0.273 e. The molecule has 3 aromatic rings. The van der Waals surface area contributed by atoms with Gasteiger partial charge in [0, 0.05) is 30.6 Å². The fraction of sp³-hybridized carbons (Fsp3) is 0.391. The van der Waals surface area contributed by atoms with Crippen LogP contribution in [-0.4, -0.2) is 40.6 Å². The van der Waals surface area contributed by atoms with Crippen LogP contribution in [0.3, 0.4) is 0 Å². The predicted octanol–water partition coefficient (Wildman–Crippen LogP) is 2.44. The molecule has 0 radical (unpaired) electrons. The minimum absolute atomic E-state index is 0.0117. The molecule has 0 spiro atoms. The molecule has 1 atom stereocenters. The van der Waals surface area contributed by atoms with Crippen LogP contribution in [-0.2, 0) is 6.54 Å². The molecule has 1 saturated heterocycles. The molecule has 1 aliphatic heterocycles. The first kappa shape index (κ1) is 22.0. The molecule has 0 aliphatic carbocycles. The number of benzene rings is 1. The molecule has 9 heteroatoms. The first-order valence-corrected chi connectivity index (χ1v) is 11.6. The Morgan fingerprint density at radius 3 is 2.91 bits per heavy atom. The lowest BCUT2D eigenvalue weighted by molar-refractivity contribution is 0.0945. The van der Waals surface area contributed by atoms with E-state index in [9.17, 15) is 14.9 Å². The topological polar surface area (TPSA) is 117 Å². The van der Waals surface area contributed by atoms with Gasteiger partial charge >= 0.3 is 0 Å². The molecule has 8 nitrogen and oxygen atoms in total. The third-order valence-corrected chi connectivity index (χ3v) is 6.49. The van der Waals surface area contributed by atoms with Gasteiger partial charge in [-0.25, -0.2) is 4.98 Å². The quantitative estimate of drug-likeness (QED) is 0.617. The van der Waals surface area contributed by atoms with Crippen molar-refractivity contribution >= 4 is 33.4 Å². The standard InChI is InChI=1S/C23H26N6O2S/c1-14(2)26-21(30)18-13-32-20-19(18)27-23(28-9-5-8-17(25)12-28)29(22(20)31)11-16-7-4-3-6-15(16)10-24/h3-4,6-7,13-14,17H,5,8-9,11-12,25H2,1-2H3,(H,26,30)/t17-/m1/s1. The lowest BCUT2D eigenvalue weighted by Crippen LogP contribution is -2.45. The van der Waals surface area contributed by atoms with Crippen LogP contribution >= 0.6 is 11.3 Å². The highest BCUT2D eigenvalue weighted by Gasteiger charge is 2.25. The number of nitriles is 1. The van der Waals surface area contributed by atoms with Crippen LogP contribution in [0.4, 0.5) is 5.95 Å². The van der Waals surface area contributed by atoms with Crippen molar-refractivity contribution in [2.45, 2.75) is 45.3 Å². The van der Waals surface area contributed by atoms with Crippen molar-refractivity contribution < 1.29 is 4.79 Å². The van der Waals surface area contributed by atoms with Crippen LogP contribution in [0.2, 0.25) is 0 Å². The molecule has 0 saturated carbocycles. The van der Waals surface area contributed by atoms with E-state index in [2.05, 4.69) is 11.4 Å². The number of nitrogens with two attached hydrogens (primary N) is 1. The minimum atomic E-state index is -0.243. The third-order valence-electron chi connectivity index (χ3n) is 5.53. The molecule has 3 heterocycles. The van der Waals surface area contributed by atoms with Gasteiger partial charge in [0.25, 0.3) is 11.5 Å². The molecule has 3 N–H and O–H groups in total. The predicted molar refractivity (Wildman–Crippen MR) is 126 cm³/mol. The number of anilines is 1. The fourth-order valence-corrected chi connectivity index (χ4v) is 4.94. The monoisotopic (exact) mass is 450 g/mol. The number of fused-ring (bicyclic) bond motifs is 1. The Bertz CT molecular complexity index is 1260. The van der Waals surface area contributed by atoms with Gasteiger partial charge in [-0.2, -0.15) is 5.26 Å². The second kappa shape index (κ2) is 9.10. The Kier molecular flexibility index (Phi) is 6.26. The van der Waals surface area contributed by atoms with Gasteiger partial charge in [-0.3, -0.25) is 14.2 Å². The summed E-state index contributed by atoms with van der Waals surface area (Å²) >= 11 is 1.22. The largest absolute Gasteiger partial charge is 0.350 e. The molecule has 32 heavy (non-hydrogen) atoms.